The van der Waals surface area contributed by atoms with Gasteiger partial charge < -0.3 is 9.47 Å². The highest BCUT2D eigenvalue weighted by atomic mass is 19.3. The molecule has 0 aliphatic rings. The normalized spacial score (nSPS) is 12.1. The molecule has 0 N–H and O–H groups in total. The van der Waals surface area contributed by atoms with Gasteiger partial charge >= 0.3 is 6.11 Å². The number of rotatable bonds is 7. The van der Waals surface area contributed by atoms with E-state index in [1.54, 1.807) is 18.3 Å². The molecule has 3 aromatic heterocycles. The number of ether oxygens (including phenoxy) is 2. The van der Waals surface area contributed by atoms with Crippen LogP contribution in [0.25, 0.3) is 16.8 Å². The zero-order valence-electron chi connectivity index (χ0n) is 14.5. The van der Waals surface area contributed by atoms with Gasteiger partial charge in [-0.3, -0.25) is 4.40 Å². The number of halogens is 4. The predicted molar refractivity (Wildman–Crippen MR) is 87.4 cm³/mol. The Morgan fingerprint density at radius 2 is 1.96 bits per heavy atom. The largest absolute Gasteiger partial charge is 0.444 e. The number of pyridine rings is 2. The van der Waals surface area contributed by atoms with E-state index in [2.05, 4.69) is 24.7 Å². The minimum Gasteiger partial charge on any atom is -0.444 e. The molecule has 0 saturated carbocycles. The third-order valence-corrected chi connectivity index (χ3v) is 3.87. The summed E-state index contributed by atoms with van der Waals surface area (Å²) in [7, 11) is 0. The SMILES string of the molecule is CC(C)C(F)(F)OCc1nnc2ccc(-c3cnc(OCF)c(F)c3)cn12. The molecule has 3 aromatic rings. The summed E-state index contributed by atoms with van der Waals surface area (Å²) in [5.41, 5.74) is 1.32. The van der Waals surface area contributed by atoms with E-state index < -0.39 is 37.2 Å². The first kappa shape index (κ1) is 19.0. The maximum Gasteiger partial charge on any atom is 0.358 e. The van der Waals surface area contributed by atoms with Gasteiger partial charge in [-0.2, -0.15) is 8.78 Å². The average molecular weight is 384 g/mol. The molecule has 27 heavy (non-hydrogen) atoms. The molecule has 0 aliphatic heterocycles. The fourth-order valence-electron chi connectivity index (χ4n) is 2.28. The van der Waals surface area contributed by atoms with Crippen LogP contribution in [0, 0.1) is 11.7 Å². The van der Waals surface area contributed by atoms with E-state index in [0.29, 0.717) is 16.8 Å². The van der Waals surface area contributed by atoms with Crippen molar-refractivity contribution in [2.75, 3.05) is 6.86 Å². The quantitative estimate of drug-likeness (QED) is 0.576. The van der Waals surface area contributed by atoms with Crippen molar-refractivity contribution in [2.24, 2.45) is 5.92 Å². The highest BCUT2D eigenvalue weighted by molar-refractivity contribution is 5.64. The molecule has 0 aromatic carbocycles. The van der Waals surface area contributed by atoms with E-state index in [0.717, 1.165) is 6.07 Å². The van der Waals surface area contributed by atoms with Gasteiger partial charge in [0, 0.05) is 29.4 Å². The van der Waals surface area contributed by atoms with Crippen LogP contribution in [-0.4, -0.2) is 32.6 Å². The van der Waals surface area contributed by atoms with Gasteiger partial charge in [0.25, 0.3) is 5.88 Å². The molecule has 0 radical (unpaired) electrons. The van der Waals surface area contributed by atoms with Crippen molar-refractivity contribution < 1.29 is 27.0 Å². The molecule has 0 aliphatic carbocycles. The fraction of sp³-hybridized carbons (Fsp3) is 0.353. The van der Waals surface area contributed by atoms with Crippen LogP contribution in [-0.2, 0) is 11.3 Å². The number of aromatic nitrogens is 4. The number of nitrogens with zero attached hydrogens (tertiary/aromatic N) is 4. The Balaban J connectivity index is 1.90. The number of fused-ring (bicyclic) bond motifs is 1. The van der Waals surface area contributed by atoms with Crippen molar-refractivity contribution in [3.8, 4) is 17.0 Å². The highest BCUT2D eigenvalue weighted by Gasteiger charge is 2.35. The smallest absolute Gasteiger partial charge is 0.358 e. The Labute approximate surface area is 151 Å². The van der Waals surface area contributed by atoms with Crippen LogP contribution >= 0.6 is 0 Å². The van der Waals surface area contributed by atoms with Crippen LogP contribution in [0.15, 0.2) is 30.6 Å². The molecule has 0 atom stereocenters. The van der Waals surface area contributed by atoms with E-state index in [1.807, 2.05) is 0 Å². The zero-order chi connectivity index (χ0) is 19.6. The number of alkyl halides is 3. The van der Waals surface area contributed by atoms with Gasteiger partial charge in [-0.25, -0.2) is 13.8 Å². The molecule has 0 unspecified atom stereocenters. The van der Waals surface area contributed by atoms with Gasteiger partial charge in [-0.1, -0.05) is 13.8 Å². The Morgan fingerprint density at radius 1 is 1.19 bits per heavy atom. The molecule has 0 amide bonds. The molecule has 0 fully saturated rings. The van der Waals surface area contributed by atoms with Crippen LogP contribution < -0.4 is 4.74 Å². The summed E-state index contributed by atoms with van der Waals surface area (Å²) in [6.07, 6.45) is -0.445. The number of hydrogen-bond acceptors (Lipinski definition) is 5. The summed E-state index contributed by atoms with van der Waals surface area (Å²) in [6.45, 7) is 1.04. The molecule has 0 saturated heterocycles. The molecule has 3 rings (SSSR count). The standard InChI is InChI=1S/C17H16F4N4O2/c1-10(2)17(20,21)27-8-15-24-23-14-4-3-11(7-25(14)15)12-5-13(19)16(22-6-12)26-9-18/h3-7,10H,8-9H2,1-2H3. The van der Waals surface area contributed by atoms with Crippen LogP contribution in [0.1, 0.15) is 19.7 Å². The molecular formula is C17H16F4N4O2. The Morgan fingerprint density at radius 3 is 2.63 bits per heavy atom. The first-order valence-electron chi connectivity index (χ1n) is 8.02. The van der Waals surface area contributed by atoms with E-state index >= 15 is 0 Å². The molecule has 0 bridgehead atoms. The van der Waals surface area contributed by atoms with Crippen molar-refractivity contribution in [1.29, 1.82) is 0 Å². The first-order chi connectivity index (χ1) is 12.8. The third kappa shape index (κ3) is 4.00. The molecule has 6 nitrogen and oxygen atoms in total. The predicted octanol–water partition coefficient (Wildman–Crippen LogP) is 4.00. The summed E-state index contributed by atoms with van der Waals surface area (Å²) in [4.78, 5) is 3.72. The monoisotopic (exact) mass is 384 g/mol. The minimum atomic E-state index is -3.30. The second-order valence-electron chi connectivity index (χ2n) is 6.03. The minimum absolute atomic E-state index is 0.165. The fourth-order valence-corrected chi connectivity index (χ4v) is 2.28. The van der Waals surface area contributed by atoms with Gasteiger partial charge in [0.15, 0.2) is 17.3 Å². The Kier molecular flexibility index (Phi) is 5.26. The third-order valence-electron chi connectivity index (χ3n) is 3.87. The van der Waals surface area contributed by atoms with Crippen LogP contribution in [0.3, 0.4) is 0 Å². The van der Waals surface area contributed by atoms with Crippen molar-refractivity contribution in [3.63, 3.8) is 0 Å². The lowest BCUT2D eigenvalue weighted by Gasteiger charge is -2.19. The zero-order valence-corrected chi connectivity index (χ0v) is 14.5. The number of hydrogen-bond donors (Lipinski definition) is 0. The van der Waals surface area contributed by atoms with Crippen molar-refractivity contribution in [3.05, 3.63) is 42.2 Å². The average Bonchev–Trinajstić information content (AvgIpc) is 3.04. The topological polar surface area (TPSA) is 61.5 Å². The summed E-state index contributed by atoms with van der Waals surface area (Å²) in [6, 6.07) is 4.37. The van der Waals surface area contributed by atoms with E-state index in [-0.39, 0.29) is 5.82 Å². The second kappa shape index (κ2) is 7.47. The van der Waals surface area contributed by atoms with Crippen LogP contribution in [0.5, 0.6) is 5.88 Å². The van der Waals surface area contributed by atoms with Crippen molar-refractivity contribution >= 4 is 5.65 Å². The highest BCUT2D eigenvalue weighted by Crippen LogP contribution is 2.27. The van der Waals surface area contributed by atoms with Crippen LogP contribution in [0.4, 0.5) is 17.6 Å². The van der Waals surface area contributed by atoms with Crippen molar-refractivity contribution in [1.82, 2.24) is 19.6 Å². The van der Waals surface area contributed by atoms with Gasteiger partial charge in [-0.15, -0.1) is 10.2 Å². The lowest BCUT2D eigenvalue weighted by Crippen LogP contribution is -2.27. The lowest BCUT2D eigenvalue weighted by atomic mass is 10.1. The Bertz CT molecular complexity index is 946. The van der Waals surface area contributed by atoms with E-state index in [1.165, 1.54) is 24.4 Å². The van der Waals surface area contributed by atoms with Gasteiger partial charge in [-0.05, 0) is 18.2 Å². The summed E-state index contributed by atoms with van der Waals surface area (Å²) in [5, 5.41) is 7.74. The summed E-state index contributed by atoms with van der Waals surface area (Å²) in [5.74, 6) is -2.10. The van der Waals surface area contributed by atoms with Crippen molar-refractivity contribution in [2.45, 2.75) is 26.6 Å². The first-order valence-corrected chi connectivity index (χ1v) is 8.02. The molecule has 3 heterocycles. The van der Waals surface area contributed by atoms with Crippen LogP contribution in [0.2, 0.25) is 0 Å². The maximum atomic E-state index is 13.9. The summed E-state index contributed by atoms with van der Waals surface area (Å²) < 4.78 is 63.9. The van der Waals surface area contributed by atoms with E-state index in [4.69, 9.17) is 0 Å². The molecule has 10 heteroatoms. The van der Waals surface area contributed by atoms with Gasteiger partial charge in [0.1, 0.15) is 6.61 Å². The maximum absolute atomic E-state index is 13.9. The Hall–Kier alpha value is -2.75. The summed E-state index contributed by atoms with van der Waals surface area (Å²) >= 11 is 0. The lowest BCUT2D eigenvalue weighted by molar-refractivity contribution is -0.272. The second-order valence-corrected chi connectivity index (χ2v) is 6.03. The van der Waals surface area contributed by atoms with Gasteiger partial charge in [0.2, 0.25) is 6.86 Å². The molecule has 144 valence electrons. The van der Waals surface area contributed by atoms with Gasteiger partial charge in [0.05, 0.1) is 0 Å². The molecule has 0 spiro atoms. The molecular weight excluding hydrogens is 368 g/mol. The van der Waals surface area contributed by atoms with E-state index in [9.17, 15) is 17.6 Å².